The second-order valence-electron chi connectivity index (χ2n) is 4.53. The number of aryl methyl sites for hydroxylation is 1. The van der Waals surface area contributed by atoms with Crippen molar-refractivity contribution < 1.29 is 4.79 Å². The average Bonchev–Trinajstić information content (AvgIpc) is 2.13. The predicted molar refractivity (Wildman–Crippen MR) is 64.4 cm³/mol. The number of rotatable bonds is 3. The Morgan fingerprint density at radius 2 is 1.80 bits per heavy atom. The molecule has 0 aliphatic rings. The van der Waals surface area contributed by atoms with Gasteiger partial charge in [-0.3, -0.25) is 0 Å². The highest BCUT2D eigenvalue weighted by Crippen LogP contribution is 2.26. The summed E-state index contributed by atoms with van der Waals surface area (Å²) >= 11 is 0. The molecule has 0 bridgehead atoms. The summed E-state index contributed by atoms with van der Waals surface area (Å²) in [6.45, 7) is 10.2. The second kappa shape index (κ2) is 4.61. The quantitative estimate of drug-likeness (QED) is 0.733. The Bertz CT molecular complexity index is 377. The van der Waals surface area contributed by atoms with Gasteiger partial charge >= 0.3 is 0 Å². The van der Waals surface area contributed by atoms with Crippen LogP contribution in [0.4, 0.5) is 0 Å². The minimum Gasteiger partial charge on any atom is -0.300 e. The monoisotopic (exact) mass is 204 g/mol. The minimum atomic E-state index is 0.264. The molecule has 0 aliphatic carbocycles. The van der Waals surface area contributed by atoms with E-state index in [-0.39, 0.29) is 5.78 Å². The van der Waals surface area contributed by atoms with Gasteiger partial charge in [-0.1, -0.05) is 19.1 Å². The van der Waals surface area contributed by atoms with Gasteiger partial charge in [-0.2, -0.15) is 0 Å². The Labute approximate surface area is 92.5 Å². The van der Waals surface area contributed by atoms with Crippen molar-refractivity contribution in [3.63, 3.8) is 0 Å². The van der Waals surface area contributed by atoms with Crippen LogP contribution < -0.4 is 0 Å². The molecular weight excluding hydrogens is 184 g/mol. The van der Waals surface area contributed by atoms with Crippen molar-refractivity contribution in [2.45, 2.75) is 47.0 Å². The van der Waals surface area contributed by atoms with E-state index in [1.807, 2.05) is 0 Å². The maximum absolute atomic E-state index is 11.1. The fraction of sp³-hybridized carbons (Fsp3) is 0.500. The molecule has 1 rings (SSSR count). The van der Waals surface area contributed by atoms with Crippen LogP contribution in [0, 0.1) is 20.8 Å². The van der Waals surface area contributed by atoms with Gasteiger partial charge in [0.15, 0.2) is 0 Å². The van der Waals surface area contributed by atoms with Crippen molar-refractivity contribution in [1.82, 2.24) is 0 Å². The molecular formula is C14H20O. The highest BCUT2D eigenvalue weighted by molar-refractivity contribution is 5.76. The first-order valence-electron chi connectivity index (χ1n) is 5.49. The van der Waals surface area contributed by atoms with Crippen molar-refractivity contribution in [2.75, 3.05) is 0 Å². The molecule has 0 heterocycles. The first-order chi connectivity index (χ1) is 6.93. The molecule has 1 heteroatoms. The number of carbonyl (C=O) groups is 1. The molecule has 0 saturated carbocycles. The van der Waals surface area contributed by atoms with Crippen LogP contribution in [-0.2, 0) is 4.79 Å². The summed E-state index contributed by atoms with van der Waals surface area (Å²) in [6, 6.07) is 4.31. The molecule has 0 aliphatic heterocycles. The van der Waals surface area contributed by atoms with Gasteiger partial charge in [0.1, 0.15) is 5.78 Å². The standard InChI is InChI=1S/C14H20O/c1-9-6-7-14(13(5)12(9)4)10(2)8-11(3)15/h6-7,10H,8H2,1-5H3. The molecule has 0 fully saturated rings. The zero-order valence-electron chi connectivity index (χ0n) is 10.3. The maximum atomic E-state index is 11.1. The Morgan fingerprint density at radius 1 is 1.20 bits per heavy atom. The fourth-order valence-corrected chi connectivity index (χ4v) is 2.05. The van der Waals surface area contributed by atoms with Crippen LogP contribution in [-0.4, -0.2) is 5.78 Å². The Balaban J connectivity index is 3.05. The highest BCUT2D eigenvalue weighted by Gasteiger charge is 2.12. The summed E-state index contributed by atoms with van der Waals surface area (Å²) in [5, 5.41) is 0. The summed E-state index contributed by atoms with van der Waals surface area (Å²) in [4.78, 5) is 11.1. The van der Waals surface area contributed by atoms with Gasteiger partial charge in [0.2, 0.25) is 0 Å². The van der Waals surface area contributed by atoms with Gasteiger partial charge in [-0.25, -0.2) is 0 Å². The van der Waals surface area contributed by atoms with E-state index < -0.39 is 0 Å². The van der Waals surface area contributed by atoms with E-state index in [2.05, 4.69) is 39.8 Å². The molecule has 15 heavy (non-hydrogen) atoms. The van der Waals surface area contributed by atoms with Gasteiger partial charge in [0, 0.05) is 6.42 Å². The van der Waals surface area contributed by atoms with Crippen LogP contribution in [0.15, 0.2) is 12.1 Å². The van der Waals surface area contributed by atoms with Crippen LogP contribution in [0.5, 0.6) is 0 Å². The number of hydrogen-bond donors (Lipinski definition) is 0. The minimum absolute atomic E-state index is 0.264. The number of benzene rings is 1. The number of Topliss-reactive ketones (excluding diaryl/α,β-unsaturated/α-hetero) is 1. The lowest BCUT2D eigenvalue weighted by Gasteiger charge is -2.16. The van der Waals surface area contributed by atoms with Gasteiger partial charge in [-0.05, 0) is 55.9 Å². The molecule has 0 aromatic heterocycles. The fourth-order valence-electron chi connectivity index (χ4n) is 2.05. The van der Waals surface area contributed by atoms with Crippen molar-refractivity contribution in [3.8, 4) is 0 Å². The van der Waals surface area contributed by atoms with Gasteiger partial charge in [0.05, 0.1) is 0 Å². The summed E-state index contributed by atoms with van der Waals surface area (Å²) in [5.74, 6) is 0.599. The second-order valence-corrected chi connectivity index (χ2v) is 4.53. The van der Waals surface area contributed by atoms with Crippen LogP contribution >= 0.6 is 0 Å². The molecule has 0 spiro atoms. The normalized spacial score (nSPS) is 12.6. The molecule has 1 aromatic carbocycles. The number of hydrogen-bond acceptors (Lipinski definition) is 1. The smallest absolute Gasteiger partial charge is 0.130 e. The summed E-state index contributed by atoms with van der Waals surface area (Å²) in [6.07, 6.45) is 0.642. The molecule has 0 amide bonds. The van der Waals surface area contributed by atoms with Crippen molar-refractivity contribution in [1.29, 1.82) is 0 Å². The van der Waals surface area contributed by atoms with Gasteiger partial charge in [-0.15, -0.1) is 0 Å². The number of ketones is 1. The molecule has 1 unspecified atom stereocenters. The lowest BCUT2D eigenvalue weighted by atomic mass is 9.89. The summed E-state index contributed by atoms with van der Waals surface area (Å²) in [7, 11) is 0. The van der Waals surface area contributed by atoms with Crippen LogP contribution in [0.1, 0.15) is 48.4 Å². The van der Waals surface area contributed by atoms with E-state index in [1.165, 1.54) is 22.3 Å². The van der Waals surface area contributed by atoms with Crippen molar-refractivity contribution >= 4 is 5.78 Å². The zero-order chi connectivity index (χ0) is 11.6. The third kappa shape index (κ3) is 2.68. The molecule has 1 aromatic rings. The van der Waals surface area contributed by atoms with E-state index in [9.17, 15) is 4.79 Å². The third-order valence-corrected chi connectivity index (χ3v) is 3.22. The lowest BCUT2D eigenvalue weighted by molar-refractivity contribution is -0.117. The van der Waals surface area contributed by atoms with Crippen molar-refractivity contribution in [2.24, 2.45) is 0 Å². The highest BCUT2D eigenvalue weighted by atomic mass is 16.1. The zero-order valence-corrected chi connectivity index (χ0v) is 10.3. The van der Waals surface area contributed by atoms with Crippen molar-refractivity contribution in [3.05, 3.63) is 34.4 Å². The predicted octanol–water partition coefficient (Wildman–Crippen LogP) is 3.69. The summed E-state index contributed by atoms with van der Waals surface area (Å²) < 4.78 is 0. The first-order valence-corrected chi connectivity index (χ1v) is 5.49. The molecule has 0 radical (unpaired) electrons. The van der Waals surface area contributed by atoms with Gasteiger partial charge < -0.3 is 4.79 Å². The van der Waals surface area contributed by atoms with Crippen LogP contribution in [0.2, 0.25) is 0 Å². The van der Waals surface area contributed by atoms with E-state index >= 15 is 0 Å². The summed E-state index contributed by atoms with van der Waals surface area (Å²) in [5.41, 5.74) is 5.33. The van der Waals surface area contributed by atoms with E-state index in [1.54, 1.807) is 6.92 Å². The largest absolute Gasteiger partial charge is 0.300 e. The Morgan fingerprint density at radius 3 is 2.33 bits per heavy atom. The molecule has 0 N–H and O–H groups in total. The molecule has 1 nitrogen and oxygen atoms in total. The number of carbonyl (C=O) groups excluding carboxylic acids is 1. The lowest BCUT2D eigenvalue weighted by Crippen LogP contribution is -2.04. The van der Waals surface area contributed by atoms with Gasteiger partial charge in [0.25, 0.3) is 0 Å². The van der Waals surface area contributed by atoms with Crippen LogP contribution in [0.3, 0.4) is 0 Å². The maximum Gasteiger partial charge on any atom is 0.130 e. The molecule has 82 valence electrons. The Kier molecular flexibility index (Phi) is 3.67. The van der Waals surface area contributed by atoms with E-state index in [0.717, 1.165) is 0 Å². The van der Waals surface area contributed by atoms with E-state index in [4.69, 9.17) is 0 Å². The van der Waals surface area contributed by atoms with Crippen LogP contribution in [0.25, 0.3) is 0 Å². The van der Waals surface area contributed by atoms with E-state index in [0.29, 0.717) is 12.3 Å². The molecule has 0 saturated heterocycles. The third-order valence-electron chi connectivity index (χ3n) is 3.22. The molecule has 1 atom stereocenters. The first kappa shape index (κ1) is 12.0. The Hall–Kier alpha value is -1.11. The SMILES string of the molecule is CC(=O)CC(C)c1ccc(C)c(C)c1C. The average molecular weight is 204 g/mol. The topological polar surface area (TPSA) is 17.1 Å².